The van der Waals surface area contributed by atoms with Crippen LogP contribution in [0.4, 0.5) is 4.79 Å². The van der Waals surface area contributed by atoms with Crippen molar-refractivity contribution >= 4 is 12.0 Å². The third-order valence-electron chi connectivity index (χ3n) is 4.05. The maximum Gasteiger partial charge on any atom is 0.320 e. The fourth-order valence-electron chi connectivity index (χ4n) is 2.56. The summed E-state index contributed by atoms with van der Waals surface area (Å²) in [6.45, 7) is 9.16. The number of carbonyl (C=O) groups is 2. The van der Waals surface area contributed by atoms with Gasteiger partial charge in [-0.25, -0.2) is 4.79 Å². The zero-order valence-corrected chi connectivity index (χ0v) is 12.4. The molecule has 0 aliphatic carbocycles. The van der Waals surface area contributed by atoms with E-state index in [1.165, 1.54) is 0 Å². The predicted molar refractivity (Wildman–Crippen MR) is 74.1 cm³/mol. The summed E-state index contributed by atoms with van der Waals surface area (Å²) >= 11 is 0. The van der Waals surface area contributed by atoms with Crippen molar-refractivity contribution in [2.45, 2.75) is 59.0 Å². The number of carboxylic acid groups (broad SMARTS) is 1. The van der Waals surface area contributed by atoms with Crippen molar-refractivity contribution in [3.8, 4) is 0 Å². The van der Waals surface area contributed by atoms with Gasteiger partial charge in [-0.3, -0.25) is 4.79 Å². The lowest BCUT2D eigenvalue weighted by molar-refractivity contribution is -0.137. The van der Waals surface area contributed by atoms with Gasteiger partial charge in [0.05, 0.1) is 6.42 Å². The maximum atomic E-state index is 12.6. The highest BCUT2D eigenvalue weighted by Crippen LogP contribution is 2.24. The van der Waals surface area contributed by atoms with E-state index in [-0.39, 0.29) is 31.1 Å². The molecule has 5 nitrogen and oxygen atoms in total. The molecule has 1 heterocycles. The van der Waals surface area contributed by atoms with E-state index in [4.69, 9.17) is 5.11 Å². The van der Waals surface area contributed by atoms with Crippen LogP contribution in [0.15, 0.2) is 0 Å². The molecule has 1 aliphatic heterocycles. The number of likely N-dealkylation sites (tertiary alicyclic amines) is 1. The van der Waals surface area contributed by atoms with Gasteiger partial charge >= 0.3 is 12.0 Å². The van der Waals surface area contributed by atoms with Crippen LogP contribution in [0.25, 0.3) is 0 Å². The zero-order valence-electron chi connectivity index (χ0n) is 12.4. The molecule has 2 atom stereocenters. The van der Waals surface area contributed by atoms with Gasteiger partial charge in [0.1, 0.15) is 0 Å². The van der Waals surface area contributed by atoms with Gasteiger partial charge in [-0.05, 0) is 39.5 Å². The number of piperidine rings is 1. The minimum atomic E-state index is -0.862. The Bertz CT molecular complexity index is 331. The van der Waals surface area contributed by atoms with Gasteiger partial charge < -0.3 is 14.9 Å². The molecule has 1 N–H and O–H groups in total. The predicted octanol–water partition coefficient (Wildman–Crippen LogP) is 2.41. The van der Waals surface area contributed by atoms with E-state index in [1.807, 2.05) is 18.7 Å². The molecule has 1 aliphatic rings. The third kappa shape index (κ3) is 4.11. The van der Waals surface area contributed by atoms with Gasteiger partial charge in [-0.1, -0.05) is 6.92 Å². The first-order valence-corrected chi connectivity index (χ1v) is 7.13. The van der Waals surface area contributed by atoms with Crippen LogP contribution >= 0.6 is 0 Å². The lowest BCUT2D eigenvalue weighted by Crippen LogP contribution is -2.53. The van der Waals surface area contributed by atoms with Gasteiger partial charge in [0.25, 0.3) is 0 Å². The zero-order chi connectivity index (χ0) is 14.6. The van der Waals surface area contributed by atoms with Gasteiger partial charge in [-0.15, -0.1) is 0 Å². The number of carboxylic acids is 1. The van der Waals surface area contributed by atoms with Crippen molar-refractivity contribution in [3.05, 3.63) is 0 Å². The summed E-state index contributed by atoms with van der Waals surface area (Å²) < 4.78 is 0. The highest BCUT2D eigenvalue weighted by atomic mass is 16.4. The molecule has 110 valence electrons. The van der Waals surface area contributed by atoms with Crippen LogP contribution < -0.4 is 0 Å². The Kier molecular flexibility index (Phi) is 5.63. The Morgan fingerprint density at radius 1 is 1.37 bits per heavy atom. The van der Waals surface area contributed by atoms with Crippen LogP contribution in [0.3, 0.4) is 0 Å². The molecule has 0 saturated carbocycles. The Morgan fingerprint density at radius 2 is 2.00 bits per heavy atom. The smallest absolute Gasteiger partial charge is 0.320 e. The molecule has 0 aromatic heterocycles. The summed E-state index contributed by atoms with van der Waals surface area (Å²) in [6, 6.07) is 0.235. The molecule has 0 spiro atoms. The standard InChI is InChI=1S/C14H26N2O3/c1-10(2)15(9-7-13(17)18)14(19)16-8-5-6-11(3)12(16)4/h10-12H,5-9H2,1-4H3,(H,17,18). The van der Waals surface area contributed by atoms with E-state index in [2.05, 4.69) is 13.8 Å². The van der Waals surface area contributed by atoms with Crippen LogP contribution in [0.5, 0.6) is 0 Å². The van der Waals surface area contributed by atoms with Crippen LogP contribution in [0.1, 0.15) is 47.0 Å². The molecule has 0 bridgehead atoms. The average molecular weight is 270 g/mol. The van der Waals surface area contributed by atoms with Crippen molar-refractivity contribution in [2.24, 2.45) is 5.92 Å². The van der Waals surface area contributed by atoms with Crippen molar-refractivity contribution in [3.63, 3.8) is 0 Å². The van der Waals surface area contributed by atoms with Crippen molar-refractivity contribution in [1.82, 2.24) is 9.80 Å². The Labute approximate surface area is 115 Å². The minimum absolute atomic E-state index is 0.00168. The quantitative estimate of drug-likeness (QED) is 0.853. The molecular formula is C14H26N2O3. The normalized spacial score (nSPS) is 23.5. The van der Waals surface area contributed by atoms with Gasteiger partial charge in [0.2, 0.25) is 0 Å². The number of rotatable bonds is 4. The number of urea groups is 1. The Morgan fingerprint density at radius 3 is 2.53 bits per heavy atom. The SMILES string of the molecule is CC1CCCN(C(=O)N(CCC(=O)O)C(C)C)C1C. The minimum Gasteiger partial charge on any atom is -0.481 e. The maximum absolute atomic E-state index is 12.6. The summed E-state index contributed by atoms with van der Waals surface area (Å²) in [7, 11) is 0. The largest absolute Gasteiger partial charge is 0.481 e. The molecule has 0 aromatic carbocycles. The molecular weight excluding hydrogens is 244 g/mol. The van der Waals surface area contributed by atoms with Crippen LogP contribution in [-0.4, -0.2) is 52.1 Å². The molecule has 1 rings (SSSR count). The first kappa shape index (κ1) is 15.8. The van der Waals surface area contributed by atoms with E-state index in [0.717, 1.165) is 19.4 Å². The molecule has 0 aromatic rings. The number of carbonyl (C=O) groups excluding carboxylic acids is 1. The van der Waals surface area contributed by atoms with E-state index in [0.29, 0.717) is 5.92 Å². The Hall–Kier alpha value is -1.26. The van der Waals surface area contributed by atoms with Gasteiger partial charge in [0.15, 0.2) is 0 Å². The topological polar surface area (TPSA) is 60.9 Å². The molecule has 5 heteroatoms. The van der Waals surface area contributed by atoms with Crippen LogP contribution in [-0.2, 0) is 4.79 Å². The molecule has 2 amide bonds. The third-order valence-corrected chi connectivity index (χ3v) is 4.05. The first-order chi connectivity index (χ1) is 8.84. The fraction of sp³-hybridized carbons (Fsp3) is 0.857. The molecule has 19 heavy (non-hydrogen) atoms. The second kappa shape index (κ2) is 6.78. The number of amides is 2. The van der Waals surface area contributed by atoms with Crippen molar-refractivity contribution in [1.29, 1.82) is 0 Å². The molecule has 1 fully saturated rings. The number of aliphatic carboxylic acids is 1. The Balaban J connectivity index is 2.72. The summed E-state index contributed by atoms with van der Waals surface area (Å²) in [6.07, 6.45) is 2.19. The second-order valence-corrected chi connectivity index (χ2v) is 5.77. The summed E-state index contributed by atoms with van der Waals surface area (Å²) in [5.41, 5.74) is 0. The number of hydrogen-bond donors (Lipinski definition) is 1. The summed E-state index contributed by atoms with van der Waals surface area (Å²) in [5.74, 6) is -0.357. The fourth-order valence-corrected chi connectivity index (χ4v) is 2.56. The van der Waals surface area contributed by atoms with Crippen LogP contribution in [0, 0.1) is 5.92 Å². The monoisotopic (exact) mass is 270 g/mol. The van der Waals surface area contributed by atoms with E-state index < -0.39 is 5.97 Å². The van der Waals surface area contributed by atoms with E-state index >= 15 is 0 Å². The van der Waals surface area contributed by atoms with E-state index in [9.17, 15) is 9.59 Å². The summed E-state index contributed by atoms with van der Waals surface area (Å²) in [4.78, 5) is 26.8. The molecule has 2 unspecified atom stereocenters. The number of nitrogens with zero attached hydrogens (tertiary/aromatic N) is 2. The molecule has 0 radical (unpaired) electrons. The second-order valence-electron chi connectivity index (χ2n) is 5.77. The van der Waals surface area contributed by atoms with Crippen molar-refractivity contribution in [2.75, 3.05) is 13.1 Å². The highest BCUT2D eigenvalue weighted by molar-refractivity contribution is 5.76. The van der Waals surface area contributed by atoms with Gasteiger partial charge in [-0.2, -0.15) is 0 Å². The van der Waals surface area contributed by atoms with Crippen LogP contribution in [0.2, 0.25) is 0 Å². The summed E-state index contributed by atoms with van der Waals surface area (Å²) in [5, 5.41) is 8.78. The average Bonchev–Trinajstić information content (AvgIpc) is 2.31. The lowest BCUT2D eigenvalue weighted by atomic mass is 9.92. The van der Waals surface area contributed by atoms with Crippen molar-refractivity contribution < 1.29 is 14.7 Å². The number of hydrogen-bond acceptors (Lipinski definition) is 2. The first-order valence-electron chi connectivity index (χ1n) is 7.13. The lowest BCUT2D eigenvalue weighted by Gasteiger charge is -2.41. The van der Waals surface area contributed by atoms with Gasteiger partial charge in [0, 0.05) is 25.2 Å². The van der Waals surface area contributed by atoms with E-state index in [1.54, 1.807) is 4.90 Å². The molecule has 1 saturated heterocycles. The highest BCUT2D eigenvalue weighted by Gasteiger charge is 2.32.